The van der Waals surface area contributed by atoms with E-state index in [1.54, 1.807) is 12.3 Å². The standard InChI is InChI=1S/C23H25N5O2/c1-14(29)26-20-13-16(8-10-25-20)22-23(27-17-5-3-2-4-6-17)21-18(28-22)11-15(7-9-24)12-19(21)30/h2-6,8,10,13,15,27-28H,7,9,11-12,24H2,1H3,(H,25,26,29). The van der Waals surface area contributed by atoms with Crippen molar-refractivity contribution in [3.05, 3.63) is 59.9 Å². The highest BCUT2D eigenvalue weighted by Gasteiger charge is 2.31. The van der Waals surface area contributed by atoms with E-state index in [0.29, 0.717) is 24.3 Å². The molecule has 0 saturated carbocycles. The molecule has 4 rings (SSSR count). The maximum absolute atomic E-state index is 13.1. The molecular formula is C23H25N5O2. The fourth-order valence-corrected chi connectivity index (χ4v) is 4.02. The first-order valence-electron chi connectivity index (χ1n) is 10.1. The number of amides is 1. The van der Waals surface area contributed by atoms with Crippen LogP contribution in [0, 0.1) is 5.92 Å². The van der Waals surface area contributed by atoms with Crippen LogP contribution in [0.15, 0.2) is 48.7 Å². The summed E-state index contributed by atoms with van der Waals surface area (Å²) in [6, 6.07) is 13.4. The molecule has 1 unspecified atom stereocenters. The van der Waals surface area contributed by atoms with Crippen LogP contribution in [0.5, 0.6) is 0 Å². The molecular weight excluding hydrogens is 378 g/mol. The second-order valence-electron chi connectivity index (χ2n) is 7.61. The molecule has 0 aliphatic heterocycles. The molecule has 3 aromatic rings. The number of para-hydroxylation sites is 1. The van der Waals surface area contributed by atoms with Crippen LogP contribution in [0.3, 0.4) is 0 Å². The van der Waals surface area contributed by atoms with Crippen molar-refractivity contribution in [2.75, 3.05) is 17.2 Å². The van der Waals surface area contributed by atoms with Gasteiger partial charge in [-0.15, -0.1) is 0 Å². The second kappa shape index (κ2) is 8.51. The number of carbonyl (C=O) groups is 2. The van der Waals surface area contributed by atoms with E-state index >= 15 is 0 Å². The number of fused-ring (bicyclic) bond motifs is 1. The molecule has 7 nitrogen and oxygen atoms in total. The third kappa shape index (κ3) is 4.11. The van der Waals surface area contributed by atoms with Crippen molar-refractivity contribution in [2.45, 2.75) is 26.2 Å². The van der Waals surface area contributed by atoms with Gasteiger partial charge in [0.25, 0.3) is 0 Å². The van der Waals surface area contributed by atoms with Crippen molar-refractivity contribution in [3.63, 3.8) is 0 Å². The van der Waals surface area contributed by atoms with Crippen LogP contribution in [0.25, 0.3) is 11.3 Å². The Bertz CT molecular complexity index is 1070. The van der Waals surface area contributed by atoms with Gasteiger partial charge in [-0.05, 0) is 49.6 Å². The van der Waals surface area contributed by atoms with Gasteiger partial charge >= 0.3 is 0 Å². The molecule has 1 aliphatic rings. The monoisotopic (exact) mass is 403 g/mol. The summed E-state index contributed by atoms with van der Waals surface area (Å²) in [6.07, 6.45) is 3.75. The van der Waals surface area contributed by atoms with Gasteiger partial charge in [-0.3, -0.25) is 9.59 Å². The number of hydrogen-bond acceptors (Lipinski definition) is 5. The fraction of sp³-hybridized carbons (Fsp3) is 0.261. The number of rotatable bonds is 6. The largest absolute Gasteiger partial charge is 0.356 e. The smallest absolute Gasteiger partial charge is 0.222 e. The summed E-state index contributed by atoms with van der Waals surface area (Å²) in [5.41, 5.74) is 10.7. The zero-order chi connectivity index (χ0) is 21.1. The average molecular weight is 403 g/mol. The summed E-state index contributed by atoms with van der Waals surface area (Å²) in [5, 5.41) is 6.15. The highest BCUT2D eigenvalue weighted by molar-refractivity contribution is 6.07. The Morgan fingerprint density at radius 1 is 1.23 bits per heavy atom. The molecule has 7 heteroatoms. The van der Waals surface area contributed by atoms with Crippen molar-refractivity contribution in [1.82, 2.24) is 9.97 Å². The lowest BCUT2D eigenvalue weighted by molar-refractivity contribution is -0.114. The number of benzene rings is 1. The maximum Gasteiger partial charge on any atom is 0.222 e. The van der Waals surface area contributed by atoms with Crippen LogP contribution in [0.1, 0.15) is 35.8 Å². The molecule has 1 atom stereocenters. The lowest BCUT2D eigenvalue weighted by Crippen LogP contribution is -2.22. The van der Waals surface area contributed by atoms with Crippen LogP contribution in [-0.2, 0) is 11.2 Å². The summed E-state index contributed by atoms with van der Waals surface area (Å²) < 4.78 is 0. The van der Waals surface area contributed by atoms with Gasteiger partial charge in [-0.1, -0.05) is 18.2 Å². The van der Waals surface area contributed by atoms with E-state index in [1.807, 2.05) is 36.4 Å². The third-order valence-electron chi connectivity index (χ3n) is 5.29. The number of carbonyl (C=O) groups excluding carboxylic acids is 2. The van der Waals surface area contributed by atoms with Gasteiger partial charge in [-0.2, -0.15) is 0 Å². The summed E-state index contributed by atoms with van der Waals surface area (Å²) >= 11 is 0. The molecule has 5 N–H and O–H groups in total. The summed E-state index contributed by atoms with van der Waals surface area (Å²) in [5.74, 6) is 0.642. The maximum atomic E-state index is 13.1. The molecule has 0 bridgehead atoms. The van der Waals surface area contributed by atoms with Crippen LogP contribution in [0.2, 0.25) is 0 Å². The minimum atomic E-state index is -0.187. The number of Topliss-reactive ketones (excluding diaryl/α,β-unsaturated/α-hetero) is 1. The second-order valence-corrected chi connectivity index (χ2v) is 7.61. The van der Waals surface area contributed by atoms with Crippen molar-refractivity contribution < 1.29 is 9.59 Å². The Morgan fingerprint density at radius 2 is 2.03 bits per heavy atom. The Hall–Kier alpha value is -3.45. The minimum absolute atomic E-state index is 0.117. The van der Waals surface area contributed by atoms with E-state index < -0.39 is 0 Å². The highest BCUT2D eigenvalue weighted by atomic mass is 16.1. The highest BCUT2D eigenvalue weighted by Crippen LogP contribution is 2.40. The summed E-state index contributed by atoms with van der Waals surface area (Å²) in [7, 11) is 0. The summed E-state index contributed by atoms with van der Waals surface area (Å²) in [6.45, 7) is 2.01. The number of aromatic nitrogens is 2. The van der Waals surface area contributed by atoms with Gasteiger partial charge in [0.2, 0.25) is 5.91 Å². The quantitative estimate of drug-likeness (QED) is 0.499. The van der Waals surface area contributed by atoms with Crippen molar-refractivity contribution in [1.29, 1.82) is 0 Å². The Morgan fingerprint density at radius 3 is 2.77 bits per heavy atom. The zero-order valence-corrected chi connectivity index (χ0v) is 16.9. The molecule has 0 saturated heterocycles. The number of aromatic amines is 1. The van der Waals surface area contributed by atoms with Gasteiger partial charge in [0.1, 0.15) is 5.82 Å². The Balaban J connectivity index is 1.81. The van der Waals surface area contributed by atoms with E-state index in [2.05, 4.69) is 20.6 Å². The molecule has 1 aliphatic carbocycles. The SMILES string of the molecule is CC(=O)Nc1cc(-c2[nH]c3c(c2Nc2ccccc2)C(=O)CC(CCN)C3)ccn1. The van der Waals surface area contributed by atoms with Crippen molar-refractivity contribution in [2.24, 2.45) is 11.7 Å². The fourth-order valence-electron chi connectivity index (χ4n) is 4.02. The van der Waals surface area contributed by atoms with Gasteiger partial charge < -0.3 is 21.4 Å². The van der Waals surface area contributed by atoms with E-state index in [0.717, 1.165) is 41.2 Å². The number of nitrogens with two attached hydrogens (primary N) is 1. The first-order chi connectivity index (χ1) is 14.5. The number of nitrogens with zero attached hydrogens (tertiary/aromatic N) is 1. The van der Waals surface area contributed by atoms with Crippen molar-refractivity contribution in [3.8, 4) is 11.3 Å². The molecule has 1 amide bonds. The molecule has 2 aromatic heterocycles. The number of anilines is 3. The Kier molecular flexibility index (Phi) is 5.63. The zero-order valence-electron chi connectivity index (χ0n) is 16.9. The first kappa shape index (κ1) is 19.8. The topological polar surface area (TPSA) is 113 Å². The predicted octanol–water partition coefficient (Wildman–Crippen LogP) is 3.87. The van der Waals surface area contributed by atoms with Gasteiger partial charge in [0.05, 0.1) is 16.9 Å². The lowest BCUT2D eigenvalue weighted by atomic mass is 9.84. The van der Waals surface area contributed by atoms with Gasteiger partial charge in [0, 0.05) is 36.5 Å². The number of nitrogens with one attached hydrogen (secondary N) is 3. The van der Waals surface area contributed by atoms with Crippen LogP contribution >= 0.6 is 0 Å². The lowest BCUT2D eigenvalue weighted by Gasteiger charge is -2.21. The van der Waals surface area contributed by atoms with Crippen molar-refractivity contribution >= 4 is 28.9 Å². The molecule has 2 heterocycles. The molecule has 0 radical (unpaired) electrons. The van der Waals surface area contributed by atoms with E-state index in [1.165, 1.54) is 6.92 Å². The van der Waals surface area contributed by atoms with E-state index in [4.69, 9.17) is 5.73 Å². The predicted molar refractivity (Wildman–Crippen MR) is 118 cm³/mol. The Labute approximate surface area is 175 Å². The molecule has 0 fully saturated rings. The van der Waals surface area contributed by atoms with Crippen LogP contribution in [-0.4, -0.2) is 28.2 Å². The third-order valence-corrected chi connectivity index (χ3v) is 5.29. The van der Waals surface area contributed by atoms with E-state index in [-0.39, 0.29) is 17.6 Å². The number of pyridine rings is 1. The van der Waals surface area contributed by atoms with Gasteiger partial charge in [0.15, 0.2) is 5.78 Å². The number of H-pyrrole nitrogens is 1. The average Bonchev–Trinajstić information content (AvgIpc) is 3.07. The molecule has 0 spiro atoms. The van der Waals surface area contributed by atoms with Crippen LogP contribution < -0.4 is 16.4 Å². The first-order valence-corrected chi connectivity index (χ1v) is 10.1. The number of ketones is 1. The normalized spacial score (nSPS) is 15.5. The van der Waals surface area contributed by atoms with Crippen LogP contribution in [0.4, 0.5) is 17.2 Å². The molecule has 154 valence electrons. The number of hydrogen-bond donors (Lipinski definition) is 4. The van der Waals surface area contributed by atoms with E-state index in [9.17, 15) is 9.59 Å². The minimum Gasteiger partial charge on any atom is -0.356 e. The molecule has 1 aromatic carbocycles. The summed E-state index contributed by atoms with van der Waals surface area (Å²) in [4.78, 5) is 32.2. The van der Waals surface area contributed by atoms with Gasteiger partial charge in [-0.25, -0.2) is 4.98 Å². The molecule has 30 heavy (non-hydrogen) atoms.